The molecular formula is C27H46O6. The zero-order valence-corrected chi connectivity index (χ0v) is 21.0. The lowest BCUT2D eigenvalue weighted by Gasteiger charge is -2.64. The van der Waals surface area contributed by atoms with Gasteiger partial charge >= 0.3 is 0 Å². The van der Waals surface area contributed by atoms with Crippen LogP contribution >= 0.6 is 0 Å². The van der Waals surface area contributed by atoms with E-state index in [0.717, 1.165) is 19.3 Å². The fourth-order valence-electron chi connectivity index (χ4n) is 9.24. The third kappa shape index (κ3) is 3.92. The van der Waals surface area contributed by atoms with E-state index in [4.69, 9.17) is 0 Å². The Morgan fingerprint density at radius 3 is 2.18 bits per heavy atom. The maximum atomic E-state index is 13.5. The molecule has 6 nitrogen and oxygen atoms in total. The number of ketones is 1. The molecule has 13 atom stereocenters. The summed E-state index contributed by atoms with van der Waals surface area (Å²) in [5, 5.41) is 54.1. The van der Waals surface area contributed by atoms with Crippen molar-refractivity contribution in [1.29, 1.82) is 0 Å². The molecular weight excluding hydrogens is 420 g/mol. The van der Waals surface area contributed by atoms with Crippen molar-refractivity contribution in [2.24, 2.45) is 52.3 Å². The summed E-state index contributed by atoms with van der Waals surface area (Å²) in [6.07, 6.45) is 0.257. The first kappa shape index (κ1) is 25.6. The van der Waals surface area contributed by atoms with Gasteiger partial charge in [-0.2, -0.15) is 0 Å². The quantitative estimate of drug-likeness (QED) is 0.425. The SMILES string of the molecule is CC(C)CC(O)CC(C)C1CC(=O)C2C3C(O)C(O)C4C(O)C(O)CCC4(C)C3CCC12C. The Labute approximate surface area is 198 Å². The van der Waals surface area contributed by atoms with Crippen molar-refractivity contribution in [2.75, 3.05) is 0 Å². The summed E-state index contributed by atoms with van der Waals surface area (Å²) in [5.74, 6) is -0.212. The minimum absolute atomic E-state index is 0.0330. The average molecular weight is 467 g/mol. The lowest BCUT2D eigenvalue weighted by molar-refractivity contribution is -0.249. The number of aliphatic hydroxyl groups is 5. The third-order valence-electron chi connectivity index (χ3n) is 10.7. The Morgan fingerprint density at radius 1 is 0.909 bits per heavy atom. The Bertz CT molecular complexity index is 740. The third-order valence-corrected chi connectivity index (χ3v) is 10.7. The molecule has 4 saturated carbocycles. The maximum Gasteiger partial charge on any atom is 0.137 e. The van der Waals surface area contributed by atoms with Crippen molar-refractivity contribution >= 4 is 5.78 Å². The van der Waals surface area contributed by atoms with Gasteiger partial charge in [0.1, 0.15) is 5.78 Å². The minimum Gasteiger partial charge on any atom is -0.393 e. The fourth-order valence-corrected chi connectivity index (χ4v) is 9.24. The Hall–Kier alpha value is -0.530. The van der Waals surface area contributed by atoms with Crippen LogP contribution in [0.5, 0.6) is 0 Å². The van der Waals surface area contributed by atoms with Crippen LogP contribution in [0.1, 0.15) is 79.6 Å². The summed E-state index contributed by atoms with van der Waals surface area (Å²) in [4.78, 5) is 13.5. The van der Waals surface area contributed by atoms with Gasteiger partial charge in [-0.25, -0.2) is 0 Å². The molecule has 0 heterocycles. The summed E-state index contributed by atoms with van der Waals surface area (Å²) in [5.41, 5.74) is -0.674. The normalized spacial score (nSPS) is 51.6. The van der Waals surface area contributed by atoms with E-state index in [2.05, 4.69) is 34.6 Å². The van der Waals surface area contributed by atoms with Crippen molar-refractivity contribution in [2.45, 2.75) is 110 Å². The van der Waals surface area contributed by atoms with Gasteiger partial charge in [0.15, 0.2) is 0 Å². The minimum atomic E-state index is -1.15. The van der Waals surface area contributed by atoms with Crippen molar-refractivity contribution < 1.29 is 30.3 Å². The highest BCUT2D eigenvalue weighted by molar-refractivity contribution is 5.85. The maximum absolute atomic E-state index is 13.5. The predicted molar refractivity (Wildman–Crippen MR) is 125 cm³/mol. The van der Waals surface area contributed by atoms with Crippen molar-refractivity contribution in [1.82, 2.24) is 0 Å². The average Bonchev–Trinajstić information content (AvgIpc) is 2.99. The van der Waals surface area contributed by atoms with E-state index < -0.39 is 35.7 Å². The molecule has 0 aromatic rings. The molecule has 0 spiro atoms. The number of hydrogen-bond acceptors (Lipinski definition) is 6. The first-order valence-corrected chi connectivity index (χ1v) is 13.3. The molecule has 0 aromatic carbocycles. The zero-order chi connectivity index (χ0) is 24.5. The second kappa shape index (κ2) is 8.85. The van der Waals surface area contributed by atoms with Gasteiger partial charge in [0.25, 0.3) is 0 Å². The number of aliphatic hydroxyl groups excluding tert-OH is 5. The van der Waals surface area contributed by atoms with E-state index in [1.807, 2.05) is 0 Å². The van der Waals surface area contributed by atoms with Gasteiger partial charge in [0, 0.05) is 24.2 Å². The van der Waals surface area contributed by atoms with Crippen molar-refractivity contribution in [3.05, 3.63) is 0 Å². The van der Waals surface area contributed by atoms with Crippen LogP contribution in [0.4, 0.5) is 0 Å². The number of rotatable bonds is 5. The first-order valence-electron chi connectivity index (χ1n) is 13.3. The highest BCUT2D eigenvalue weighted by Gasteiger charge is 2.68. The first-order chi connectivity index (χ1) is 15.3. The smallest absolute Gasteiger partial charge is 0.137 e. The van der Waals surface area contributed by atoms with Gasteiger partial charge in [0.2, 0.25) is 0 Å². The number of Topliss-reactive ketones (excluding diaryl/α,β-unsaturated/α-hetero) is 1. The van der Waals surface area contributed by atoms with Gasteiger partial charge in [-0.15, -0.1) is 0 Å². The Balaban J connectivity index is 1.62. The highest BCUT2D eigenvalue weighted by atomic mass is 16.3. The molecule has 5 N–H and O–H groups in total. The number of hydrogen-bond donors (Lipinski definition) is 5. The van der Waals surface area contributed by atoms with Gasteiger partial charge in [0.05, 0.1) is 30.5 Å². The summed E-state index contributed by atoms with van der Waals surface area (Å²) < 4.78 is 0. The summed E-state index contributed by atoms with van der Waals surface area (Å²) in [6.45, 7) is 10.7. The lowest BCUT2D eigenvalue weighted by atomic mass is 9.42. The Morgan fingerprint density at radius 2 is 1.55 bits per heavy atom. The molecule has 13 unspecified atom stereocenters. The van der Waals surface area contributed by atoms with Gasteiger partial charge in [-0.05, 0) is 73.0 Å². The predicted octanol–water partition coefficient (Wildman–Crippen LogP) is 2.53. The standard InChI is InChI=1S/C27H46O6/c1-13(2)10-15(28)11-14(3)17-12-19(30)21-20-16(6-8-27(17,21)5)26(4)9-7-18(29)23(31)22(26)25(33)24(20)32/h13-18,20-25,28-29,31-33H,6-12H2,1-5H3. The van der Waals surface area contributed by atoms with E-state index in [1.165, 1.54) is 0 Å². The molecule has 4 aliphatic rings. The number of fused-ring (bicyclic) bond motifs is 5. The molecule has 4 fully saturated rings. The second-order valence-corrected chi connectivity index (χ2v) is 13.1. The van der Waals surface area contributed by atoms with Crippen LogP contribution < -0.4 is 0 Å². The van der Waals surface area contributed by atoms with Gasteiger partial charge < -0.3 is 25.5 Å². The summed E-state index contributed by atoms with van der Waals surface area (Å²) in [6, 6.07) is 0. The van der Waals surface area contributed by atoms with E-state index >= 15 is 0 Å². The van der Waals surface area contributed by atoms with Crippen molar-refractivity contribution in [3.63, 3.8) is 0 Å². The molecule has 0 amide bonds. The largest absolute Gasteiger partial charge is 0.393 e. The number of carbonyl (C=O) groups is 1. The van der Waals surface area contributed by atoms with E-state index in [1.54, 1.807) is 0 Å². The molecule has 190 valence electrons. The molecule has 4 rings (SSSR count). The molecule has 33 heavy (non-hydrogen) atoms. The van der Waals surface area contributed by atoms with Crippen LogP contribution in [0, 0.1) is 52.3 Å². The van der Waals surface area contributed by atoms with E-state index in [9.17, 15) is 30.3 Å². The second-order valence-electron chi connectivity index (χ2n) is 13.1. The van der Waals surface area contributed by atoms with Crippen LogP contribution in [-0.2, 0) is 4.79 Å². The van der Waals surface area contributed by atoms with Gasteiger partial charge in [-0.3, -0.25) is 4.79 Å². The lowest BCUT2D eigenvalue weighted by Crippen LogP contribution is -2.68. The van der Waals surface area contributed by atoms with Crippen LogP contribution in [0.25, 0.3) is 0 Å². The van der Waals surface area contributed by atoms with Crippen LogP contribution in [0.2, 0.25) is 0 Å². The van der Waals surface area contributed by atoms with E-state index in [-0.39, 0.29) is 46.9 Å². The van der Waals surface area contributed by atoms with E-state index in [0.29, 0.717) is 31.6 Å². The molecule has 0 aromatic heterocycles. The molecule has 0 bridgehead atoms. The summed E-state index contributed by atoms with van der Waals surface area (Å²) in [7, 11) is 0. The van der Waals surface area contributed by atoms with Crippen LogP contribution in [-0.4, -0.2) is 61.8 Å². The summed E-state index contributed by atoms with van der Waals surface area (Å²) >= 11 is 0. The highest BCUT2D eigenvalue weighted by Crippen LogP contribution is 2.67. The molecule has 0 saturated heterocycles. The molecule has 0 radical (unpaired) electrons. The van der Waals surface area contributed by atoms with Crippen LogP contribution in [0.3, 0.4) is 0 Å². The molecule has 4 aliphatic carbocycles. The number of carbonyl (C=O) groups excluding carboxylic acids is 1. The fraction of sp³-hybridized carbons (Fsp3) is 0.963. The zero-order valence-electron chi connectivity index (χ0n) is 21.0. The molecule has 6 heteroatoms. The molecule has 0 aliphatic heterocycles. The Kier molecular flexibility index (Phi) is 6.85. The van der Waals surface area contributed by atoms with Crippen molar-refractivity contribution in [3.8, 4) is 0 Å². The monoisotopic (exact) mass is 466 g/mol. The van der Waals surface area contributed by atoms with Gasteiger partial charge in [-0.1, -0.05) is 34.6 Å². The van der Waals surface area contributed by atoms with Crippen LogP contribution in [0.15, 0.2) is 0 Å². The topological polar surface area (TPSA) is 118 Å².